The average Bonchev–Trinajstić information content (AvgIpc) is 4.11. The second kappa shape index (κ2) is 21.2. The number of aliphatic imine (C=N–C) groups is 1. The standard InChI is InChI=1S/C54H61ClN10O6S2/c1-28-31(4)73-53-46(28)47(35-14-16-37(55)17-15-35)60-41(50-63-62-32(5)65(50)53)25-44(68)59-38-22-40(23-38)71-45-21-33(19-20-56-45)9-18-43(67)61-49(54(6,7)8)52(70)64-26-39(66)24-42(64)51(69)58-29(2)34-10-12-36(13-11-34)48-30(3)57-27-72-48/h10-17,19-21,27,29,38-42,49,66H,9,18,22-26H2,1-8H3,(H,58,69)(H,59,68)(H,61,67)/t29-,38-,39+,40+,41-,42-,49+/m0/s1. The number of aromatic nitrogens is 5. The maximum absolute atomic E-state index is 14.3. The minimum atomic E-state index is -0.955. The predicted molar refractivity (Wildman–Crippen MR) is 282 cm³/mol. The Labute approximate surface area is 438 Å². The number of hydrogen-bond donors (Lipinski definition) is 4. The Morgan fingerprint density at radius 2 is 1.64 bits per heavy atom. The number of fused-ring (bicyclic) bond motifs is 3. The van der Waals surface area contributed by atoms with Gasteiger partial charge in [-0.25, -0.2) is 9.97 Å². The molecule has 0 radical (unpaired) electrons. The molecule has 6 heterocycles. The zero-order valence-electron chi connectivity index (χ0n) is 42.2. The lowest BCUT2D eigenvalue weighted by molar-refractivity contribution is -0.144. The number of carbonyl (C=O) groups is 4. The molecule has 19 heteroatoms. The number of carbonyl (C=O) groups excluding carboxylic acids is 4. The van der Waals surface area contributed by atoms with E-state index in [1.807, 2.05) is 106 Å². The van der Waals surface area contributed by atoms with Gasteiger partial charge in [-0.1, -0.05) is 68.8 Å². The molecule has 73 heavy (non-hydrogen) atoms. The average molecular weight is 1050 g/mol. The van der Waals surface area contributed by atoms with Crippen LogP contribution in [0.4, 0.5) is 0 Å². The van der Waals surface area contributed by atoms with Crippen molar-refractivity contribution in [1.82, 2.24) is 45.6 Å². The molecule has 0 bridgehead atoms. The third-order valence-electron chi connectivity index (χ3n) is 14.0. The molecule has 5 atom stereocenters. The molecule has 3 aliphatic rings. The molecule has 1 aliphatic carbocycles. The first-order valence-corrected chi connectivity index (χ1v) is 26.7. The summed E-state index contributed by atoms with van der Waals surface area (Å²) in [6, 6.07) is 16.3. The van der Waals surface area contributed by atoms with Gasteiger partial charge in [-0.2, -0.15) is 0 Å². The Hall–Kier alpha value is -6.34. The fourth-order valence-electron chi connectivity index (χ4n) is 9.72. The van der Waals surface area contributed by atoms with E-state index in [1.54, 1.807) is 34.9 Å². The summed E-state index contributed by atoms with van der Waals surface area (Å²) >= 11 is 9.51. The number of aryl methyl sites for hydroxylation is 4. The van der Waals surface area contributed by atoms with Crippen LogP contribution in [0.15, 0.2) is 77.4 Å². The van der Waals surface area contributed by atoms with Crippen LogP contribution in [0.3, 0.4) is 0 Å². The molecule has 2 fully saturated rings. The number of benzene rings is 2. The minimum absolute atomic E-state index is 0.0202. The van der Waals surface area contributed by atoms with Gasteiger partial charge in [0, 0.05) is 71.6 Å². The third kappa shape index (κ3) is 11.3. The second-order valence-corrected chi connectivity index (χ2v) is 23.0. The summed E-state index contributed by atoms with van der Waals surface area (Å²) in [4.78, 5) is 73.0. The number of aliphatic hydroxyl groups is 1. The van der Waals surface area contributed by atoms with E-state index in [1.165, 1.54) is 9.78 Å². The maximum atomic E-state index is 14.3. The van der Waals surface area contributed by atoms with Crippen molar-refractivity contribution in [3.63, 3.8) is 0 Å². The second-order valence-electron chi connectivity index (χ2n) is 20.5. The Balaban J connectivity index is 0.767. The highest BCUT2D eigenvalue weighted by atomic mass is 35.5. The summed E-state index contributed by atoms with van der Waals surface area (Å²) in [5.41, 5.74) is 8.65. The van der Waals surface area contributed by atoms with Crippen LogP contribution in [0, 0.1) is 33.1 Å². The molecular formula is C54H61ClN10O6S2. The van der Waals surface area contributed by atoms with Crippen molar-refractivity contribution < 1.29 is 29.0 Å². The van der Waals surface area contributed by atoms with Gasteiger partial charge in [0.1, 0.15) is 35.1 Å². The largest absolute Gasteiger partial charge is 0.474 e. The Bertz CT molecular complexity index is 3060. The molecule has 0 unspecified atom stereocenters. The van der Waals surface area contributed by atoms with E-state index >= 15 is 0 Å². The molecule has 4 aromatic heterocycles. The number of nitrogens with one attached hydrogen (secondary N) is 3. The van der Waals surface area contributed by atoms with Crippen LogP contribution in [0.5, 0.6) is 5.88 Å². The Kier molecular flexibility index (Phi) is 15.0. The van der Waals surface area contributed by atoms with E-state index in [-0.39, 0.29) is 61.7 Å². The van der Waals surface area contributed by atoms with E-state index in [9.17, 15) is 24.3 Å². The van der Waals surface area contributed by atoms with Crippen LogP contribution in [0.2, 0.25) is 5.02 Å². The first-order valence-electron chi connectivity index (χ1n) is 24.7. The summed E-state index contributed by atoms with van der Waals surface area (Å²) < 4.78 is 8.26. The number of rotatable bonds is 15. The molecule has 2 aliphatic heterocycles. The van der Waals surface area contributed by atoms with Gasteiger partial charge in [-0.05, 0) is 86.9 Å². The lowest BCUT2D eigenvalue weighted by Gasteiger charge is -2.35. The zero-order chi connectivity index (χ0) is 51.9. The first-order chi connectivity index (χ1) is 34.8. The van der Waals surface area contributed by atoms with E-state index in [0.29, 0.717) is 36.0 Å². The van der Waals surface area contributed by atoms with Gasteiger partial charge in [0.05, 0.1) is 40.4 Å². The molecule has 4 amide bonds. The van der Waals surface area contributed by atoms with Gasteiger partial charge in [0.2, 0.25) is 29.5 Å². The van der Waals surface area contributed by atoms with Gasteiger partial charge >= 0.3 is 0 Å². The molecule has 0 spiro atoms. The van der Waals surface area contributed by atoms with Crippen LogP contribution < -0.4 is 20.7 Å². The number of nitrogens with zero attached hydrogens (tertiary/aromatic N) is 7. The number of ether oxygens (including phenoxy) is 1. The fourth-order valence-corrected chi connectivity index (χ4v) is 11.9. The van der Waals surface area contributed by atoms with E-state index < -0.39 is 35.6 Å². The molecule has 4 N–H and O–H groups in total. The first kappa shape index (κ1) is 51.6. The number of hydrogen-bond acceptors (Lipinski definition) is 13. The summed E-state index contributed by atoms with van der Waals surface area (Å²) in [5.74, 6) is 0.481. The van der Waals surface area contributed by atoms with Crippen molar-refractivity contribution in [3.05, 3.63) is 127 Å². The molecule has 382 valence electrons. The van der Waals surface area contributed by atoms with Gasteiger partial charge < -0.3 is 30.7 Å². The number of pyridine rings is 1. The molecule has 16 nitrogen and oxygen atoms in total. The van der Waals surface area contributed by atoms with Crippen molar-refractivity contribution >= 4 is 63.6 Å². The van der Waals surface area contributed by atoms with E-state index in [0.717, 1.165) is 60.5 Å². The Morgan fingerprint density at radius 3 is 2.34 bits per heavy atom. The van der Waals surface area contributed by atoms with Gasteiger partial charge in [-0.15, -0.1) is 32.9 Å². The highest BCUT2D eigenvalue weighted by molar-refractivity contribution is 7.15. The Morgan fingerprint density at radius 1 is 0.918 bits per heavy atom. The van der Waals surface area contributed by atoms with Crippen LogP contribution >= 0.6 is 34.3 Å². The predicted octanol–water partition coefficient (Wildman–Crippen LogP) is 8.05. The van der Waals surface area contributed by atoms with Crippen LogP contribution in [0.25, 0.3) is 15.4 Å². The number of β-amino-alcohol motifs (C(OH)–C–C–N with tert-alkyl or cyclic N) is 1. The quantitative estimate of drug-likeness (QED) is 0.0779. The van der Waals surface area contributed by atoms with E-state index in [2.05, 4.69) is 50.0 Å². The molecule has 1 saturated heterocycles. The summed E-state index contributed by atoms with van der Waals surface area (Å²) in [5, 5.41) is 30.5. The molecule has 6 aromatic rings. The number of thiazole rings is 1. The van der Waals surface area contributed by atoms with Crippen molar-refractivity contribution in [1.29, 1.82) is 0 Å². The van der Waals surface area contributed by atoms with Crippen molar-refractivity contribution in [2.45, 2.75) is 136 Å². The lowest BCUT2D eigenvalue weighted by atomic mass is 9.85. The van der Waals surface area contributed by atoms with Gasteiger partial charge in [-0.3, -0.25) is 28.7 Å². The van der Waals surface area contributed by atoms with Crippen molar-refractivity contribution in [2.75, 3.05) is 6.54 Å². The SMILES string of the molecule is Cc1ncsc1-c1ccc([C@H](C)NC(=O)[C@@H]2C[C@@H](O)CN2C(=O)[C@@H](NC(=O)CCc2ccnc(O[C@H]3C[C@@H](NC(=O)C[C@@H]4N=C(c5ccc(Cl)cc5)c5c(sc(C)c5C)-n5c(C)nnc54)C3)c2)C(C)(C)C)cc1. The molecule has 2 aromatic carbocycles. The van der Waals surface area contributed by atoms with Crippen LogP contribution in [-0.4, -0.2) is 101 Å². The third-order valence-corrected chi connectivity index (χ3v) is 16.4. The highest BCUT2D eigenvalue weighted by Crippen LogP contribution is 2.40. The smallest absolute Gasteiger partial charge is 0.246 e. The highest BCUT2D eigenvalue weighted by Gasteiger charge is 2.45. The number of thiophene rings is 1. The molecule has 9 rings (SSSR count). The van der Waals surface area contributed by atoms with Crippen LogP contribution in [0.1, 0.15) is 122 Å². The minimum Gasteiger partial charge on any atom is -0.474 e. The maximum Gasteiger partial charge on any atom is 0.246 e. The van der Waals surface area contributed by atoms with Crippen molar-refractivity contribution in [3.8, 4) is 21.3 Å². The topological polar surface area (TPSA) is 206 Å². The normalized spacial score (nSPS) is 20.2. The molecular weight excluding hydrogens is 984 g/mol. The number of halogens is 1. The van der Waals surface area contributed by atoms with E-state index in [4.69, 9.17) is 21.3 Å². The van der Waals surface area contributed by atoms with Crippen molar-refractivity contribution in [2.24, 2.45) is 10.4 Å². The number of amides is 4. The van der Waals surface area contributed by atoms with Gasteiger partial charge in [0.15, 0.2) is 5.82 Å². The zero-order valence-corrected chi connectivity index (χ0v) is 44.6. The monoisotopic (exact) mass is 1040 g/mol. The number of likely N-dealkylation sites (tertiary alicyclic amines) is 1. The summed E-state index contributed by atoms with van der Waals surface area (Å²) in [7, 11) is 0. The van der Waals surface area contributed by atoms with Crippen LogP contribution in [-0.2, 0) is 25.6 Å². The fraction of sp³-hybridized carbons (Fsp3) is 0.426. The lowest BCUT2D eigenvalue weighted by Crippen LogP contribution is -2.57. The number of aliphatic hydroxyl groups excluding tert-OH is 1. The molecule has 1 saturated carbocycles. The summed E-state index contributed by atoms with van der Waals surface area (Å²) in [6.07, 6.45) is 2.38. The summed E-state index contributed by atoms with van der Waals surface area (Å²) in [6.45, 7) is 15.5. The van der Waals surface area contributed by atoms with Gasteiger partial charge in [0.25, 0.3) is 0 Å².